The van der Waals surface area contributed by atoms with E-state index in [0.717, 1.165) is 6.54 Å². The van der Waals surface area contributed by atoms with Gasteiger partial charge >= 0.3 is 0 Å². The van der Waals surface area contributed by atoms with Crippen molar-refractivity contribution in [2.45, 2.75) is 38.6 Å². The predicted molar refractivity (Wildman–Crippen MR) is 74.4 cm³/mol. The summed E-state index contributed by atoms with van der Waals surface area (Å²) in [7, 11) is 2.18. The van der Waals surface area contributed by atoms with Crippen LogP contribution in [0.2, 0.25) is 0 Å². The van der Waals surface area contributed by atoms with Crippen LogP contribution in [0.15, 0.2) is 24.3 Å². The zero-order chi connectivity index (χ0) is 12.3. The average molecular weight is 232 g/mol. The molecule has 1 aliphatic carbocycles. The topological polar surface area (TPSA) is 29.3 Å². The molecular weight excluding hydrogens is 208 g/mol. The molecule has 1 saturated carbocycles. The third-order valence-electron chi connectivity index (χ3n) is 3.92. The quantitative estimate of drug-likeness (QED) is 0.868. The van der Waals surface area contributed by atoms with E-state index in [9.17, 15) is 0 Å². The van der Waals surface area contributed by atoms with Crippen molar-refractivity contribution in [3.8, 4) is 0 Å². The van der Waals surface area contributed by atoms with Crippen LogP contribution in [0.1, 0.15) is 31.2 Å². The van der Waals surface area contributed by atoms with E-state index in [-0.39, 0.29) is 0 Å². The second-order valence-electron chi connectivity index (χ2n) is 5.43. The predicted octanol–water partition coefficient (Wildman–Crippen LogP) is 2.95. The van der Waals surface area contributed by atoms with Crippen LogP contribution >= 0.6 is 0 Å². The Bertz CT molecular complexity index is 362. The SMILES string of the molecule is Cc1cccc(N(C)CC2CCCCC2N)c1. The van der Waals surface area contributed by atoms with Gasteiger partial charge in [0.2, 0.25) is 0 Å². The Hall–Kier alpha value is -1.02. The molecule has 94 valence electrons. The molecule has 1 aromatic rings. The molecule has 2 atom stereocenters. The van der Waals surface area contributed by atoms with Crippen molar-refractivity contribution in [2.75, 3.05) is 18.5 Å². The Morgan fingerprint density at radius 1 is 1.29 bits per heavy atom. The van der Waals surface area contributed by atoms with Crippen LogP contribution in [-0.4, -0.2) is 19.6 Å². The van der Waals surface area contributed by atoms with Gasteiger partial charge in [-0.25, -0.2) is 0 Å². The summed E-state index contributed by atoms with van der Waals surface area (Å²) in [6.07, 6.45) is 5.15. The lowest BCUT2D eigenvalue weighted by molar-refractivity contribution is 0.312. The summed E-state index contributed by atoms with van der Waals surface area (Å²) < 4.78 is 0. The molecule has 2 heteroatoms. The third-order valence-corrected chi connectivity index (χ3v) is 3.92. The lowest BCUT2D eigenvalue weighted by Crippen LogP contribution is -2.40. The first-order valence-corrected chi connectivity index (χ1v) is 6.70. The van der Waals surface area contributed by atoms with Crippen molar-refractivity contribution in [2.24, 2.45) is 11.7 Å². The molecule has 1 fully saturated rings. The lowest BCUT2D eigenvalue weighted by Gasteiger charge is -2.33. The minimum atomic E-state index is 0.399. The number of benzene rings is 1. The number of nitrogens with two attached hydrogens (primary N) is 1. The van der Waals surface area contributed by atoms with E-state index in [2.05, 4.69) is 43.1 Å². The van der Waals surface area contributed by atoms with E-state index >= 15 is 0 Å². The van der Waals surface area contributed by atoms with Crippen LogP contribution in [0.5, 0.6) is 0 Å². The van der Waals surface area contributed by atoms with E-state index < -0.39 is 0 Å². The standard InChI is InChI=1S/C15H24N2/c1-12-6-5-8-14(10-12)17(2)11-13-7-3-4-9-15(13)16/h5-6,8,10,13,15H,3-4,7,9,11,16H2,1-2H3. The Labute approximate surface area is 105 Å². The van der Waals surface area contributed by atoms with Gasteiger partial charge in [-0.3, -0.25) is 0 Å². The van der Waals surface area contributed by atoms with Crippen molar-refractivity contribution in [3.05, 3.63) is 29.8 Å². The van der Waals surface area contributed by atoms with Crippen LogP contribution in [0.3, 0.4) is 0 Å². The van der Waals surface area contributed by atoms with Crippen molar-refractivity contribution < 1.29 is 0 Å². The molecule has 0 aliphatic heterocycles. The fourth-order valence-electron chi connectivity index (χ4n) is 2.79. The van der Waals surface area contributed by atoms with Crippen molar-refractivity contribution >= 4 is 5.69 Å². The molecule has 0 bridgehead atoms. The minimum Gasteiger partial charge on any atom is -0.374 e. The maximum Gasteiger partial charge on any atom is 0.0366 e. The molecule has 2 N–H and O–H groups in total. The third kappa shape index (κ3) is 3.22. The zero-order valence-corrected chi connectivity index (χ0v) is 11.0. The highest BCUT2D eigenvalue weighted by molar-refractivity contribution is 5.47. The Morgan fingerprint density at radius 2 is 2.06 bits per heavy atom. The molecule has 2 unspecified atom stereocenters. The van der Waals surface area contributed by atoms with Gasteiger partial charge < -0.3 is 10.6 Å². The first-order chi connectivity index (χ1) is 8.16. The second-order valence-corrected chi connectivity index (χ2v) is 5.43. The molecule has 1 aromatic carbocycles. The largest absolute Gasteiger partial charge is 0.374 e. The van der Waals surface area contributed by atoms with E-state index in [4.69, 9.17) is 5.73 Å². The molecule has 0 radical (unpaired) electrons. The van der Waals surface area contributed by atoms with Crippen molar-refractivity contribution in [1.29, 1.82) is 0 Å². The van der Waals surface area contributed by atoms with Gasteiger partial charge in [-0.2, -0.15) is 0 Å². The molecule has 0 amide bonds. The molecule has 17 heavy (non-hydrogen) atoms. The molecule has 2 nitrogen and oxygen atoms in total. The molecule has 0 aromatic heterocycles. The summed E-state index contributed by atoms with van der Waals surface area (Å²) in [5.74, 6) is 0.661. The number of aryl methyl sites for hydroxylation is 1. The van der Waals surface area contributed by atoms with E-state index in [1.807, 2.05) is 0 Å². The van der Waals surface area contributed by atoms with Crippen LogP contribution in [-0.2, 0) is 0 Å². The average Bonchev–Trinajstić information content (AvgIpc) is 2.32. The molecule has 1 aliphatic rings. The molecular formula is C15H24N2. The Morgan fingerprint density at radius 3 is 2.76 bits per heavy atom. The maximum atomic E-state index is 6.21. The van der Waals surface area contributed by atoms with E-state index in [1.165, 1.54) is 36.9 Å². The van der Waals surface area contributed by atoms with Gasteiger partial charge in [0.05, 0.1) is 0 Å². The van der Waals surface area contributed by atoms with Gasteiger partial charge in [0.1, 0.15) is 0 Å². The van der Waals surface area contributed by atoms with Gasteiger partial charge in [0.25, 0.3) is 0 Å². The van der Waals surface area contributed by atoms with Crippen LogP contribution in [0, 0.1) is 12.8 Å². The summed E-state index contributed by atoms with van der Waals surface area (Å²) in [6, 6.07) is 9.09. The lowest BCUT2D eigenvalue weighted by atomic mass is 9.85. The number of nitrogens with zero attached hydrogens (tertiary/aromatic N) is 1. The van der Waals surface area contributed by atoms with E-state index in [0.29, 0.717) is 12.0 Å². The second kappa shape index (κ2) is 5.54. The fraction of sp³-hybridized carbons (Fsp3) is 0.600. The van der Waals surface area contributed by atoms with Crippen LogP contribution in [0.4, 0.5) is 5.69 Å². The number of anilines is 1. The summed E-state index contributed by atoms with van der Waals surface area (Å²) in [5, 5.41) is 0. The Kier molecular flexibility index (Phi) is 4.06. The molecule has 2 rings (SSSR count). The van der Waals surface area contributed by atoms with E-state index in [1.54, 1.807) is 0 Å². The zero-order valence-electron chi connectivity index (χ0n) is 11.0. The highest BCUT2D eigenvalue weighted by Gasteiger charge is 2.22. The first-order valence-electron chi connectivity index (χ1n) is 6.70. The first kappa shape index (κ1) is 12.4. The number of hydrogen-bond donors (Lipinski definition) is 1. The maximum absolute atomic E-state index is 6.21. The molecule has 0 heterocycles. The summed E-state index contributed by atoms with van der Waals surface area (Å²) >= 11 is 0. The van der Waals surface area contributed by atoms with Crippen LogP contribution < -0.4 is 10.6 Å². The molecule has 0 saturated heterocycles. The molecule has 0 spiro atoms. The van der Waals surface area contributed by atoms with Gasteiger partial charge in [-0.05, 0) is 43.4 Å². The summed E-state index contributed by atoms with van der Waals surface area (Å²) in [6.45, 7) is 3.23. The highest BCUT2D eigenvalue weighted by atomic mass is 15.1. The monoisotopic (exact) mass is 232 g/mol. The number of hydrogen-bond acceptors (Lipinski definition) is 2. The normalized spacial score (nSPS) is 24.6. The fourth-order valence-corrected chi connectivity index (χ4v) is 2.79. The summed E-state index contributed by atoms with van der Waals surface area (Å²) in [4.78, 5) is 2.35. The number of rotatable bonds is 3. The van der Waals surface area contributed by atoms with Gasteiger partial charge in [0.15, 0.2) is 0 Å². The highest BCUT2D eigenvalue weighted by Crippen LogP contribution is 2.25. The Balaban J connectivity index is 1.98. The smallest absolute Gasteiger partial charge is 0.0366 e. The van der Waals surface area contributed by atoms with Gasteiger partial charge in [-0.15, -0.1) is 0 Å². The van der Waals surface area contributed by atoms with Crippen molar-refractivity contribution in [3.63, 3.8) is 0 Å². The van der Waals surface area contributed by atoms with Crippen LogP contribution in [0.25, 0.3) is 0 Å². The van der Waals surface area contributed by atoms with Gasteiger partial charge in [-0.1, -0.05) is 25.0 Å². The van der Waals surface area contributed by atoms with Crippen molar-refractivity contribution in [1.82, 2.24) is 0 Å². The van der Waals surface area contributed by atoms with Gasteiger partial charge in [0, 0.05) is 25.3 Å². The summed E-state index contributed by atoms with van der Waals surface area (Å²) in [5.41, 5.74) is 8.84. The minimum absolute atomic E-state index is 0.399.